The Balaban J connectivity index is 2.26. The Morgan fingerprint density at radius 1 is 1.64 bits per heavy atom. The number of piperidine rings is 1. The van der Waals surface area contributed by atoms with E-state index in [4.69, 9.17) is 0 Å². The number of nitrogens with one attached hydrogen (secondary N) is 1. The summed E-state index contributed by atoms with van der Waals surface area (Å²) in [6, 6.07) is 0.307. The highest BCUT2D eigenvalue weighted by molar-refractivity contribution is 4.84. The van der Waals surface area contributed by atoms with Gasteiger partial charge in [0.25, 0.3) is 0 Å². The predicted molar refractivity (Wildman–Crippen MR) is 46.5 cm³/mol. The first-order chi connectivity index (χ1) is 5.34. The smallest absolute Gasteiger partial charge is 0.0727 e. The quantitative estimate of drug-likeness (QED) is 0.597. The number of hydrogen-bond donors (Lipinski definition) is 2. The van der Waals surface area contributed by atoms with E-state index in [9.17, 15) is 5.11 Å². The van der Waals surface area contributed by atoms with E-state index in [2.05, 4.69) is 11.9 Å². The van der Waals surface area contributed by atoms with Gasteiger partial charge in [0.2, 0.25) is 0 Å². The van der Waals surface area contributed by atoms with E-state index in [-0.39, 0.29) is 6.10 Å². The molecule has 1 rings (SSSR count). The van der Waals surface area contributed by atoms with Gasteiger partial charge < -0.3 is 10.4 Å². The minimum absolute atomic E-state index is 0.229. The van der Waals surface area contributed by atoms with Crippen molar-refractivity contribution in [3.8, 4) is 0 Å². The molecule has 1 aliphatic heterocycles. The fourth-order valence-electron chi connectivity index (χ4n) is 1.54. The van der Waals surface area contributed by atoms with Crippen LogP contribution < -0.4 is 5.32 Å². The van der Waals surface area contributed by atoms with Gasteiger partial charge in [-0.2, -0.15) is 0 Å². The minimum Gasteiger partial charge on any atom is -0.391 e. The van der Waals surface area contributed by atoms with Crippen molar-refractivity contribution < 1.29 is 5.11 Å². The van der Waals surface area contributed by atoms with E-state index in [0.717, 1.165) is 13.0 Å². The van der Waals surface area contributed by atoms with Crippen molar-refractivity contribution in [2.75, 3.05) is 6.54 Å². The van der Waals surface area contributed by atoms with Crippen LogP contribution in [0.3, 0.4) is 0 Å². The zero-order valence-corrected chi connectivity index (χ0v) is 6.92. The van der Waals surface area contributed by atoms with Crippen molar-refractivity contribution in [2.45, 2.75) is 37.8 Å². The van der Waals surface area contributed by atoms with Gasteiger partial charge in [0.15, 0.2) is 0 Å². The van der Waals surface area contributed by atoms with Crippen molar-refractivity contribution in [1.82, 2.24) is 5.32 Å². The van der Waals surface area contributed by atoms with E-state index in [1.807, 2.05) is 0 Å². The Hall–Kier alpha value is -0.340. The normalized spacial score (nSPS) is 27.9. The molecule has 0 aliphatic carbocycles. The molecule has 2 nitrogen and oxygen atoms in total. The Labute approximate surface area is 68.3 Å². The van der Waals surface area contributed by atoms with Crippen molar-refractivity contribution in [3.05, 3.63) is 12.7 Å². The first-order valence-corrected chi connectivity index (χ1v) is 4.37. The molecule has 2 atom stereocenters. The average Bonchev–Trinajstić information content (AvgIpc) is 2.07. The zero-order valence-electron chi connectivity index (χ0n) is 6.92. The molecule has 0 bridgehead atoms. The molecule has 1 aliphatic rings. The standard InChI is InChI=1S/C9H17NO/c1-2-5-9(11)8-6-3-4-7-10-8/h2,8-11H,1,3-7H2. The van der Waals surface area contributed by atoms with Crippen LogP contribution in [0.4, 0.5) is 0 Å². The molecule has 0 amide bonds. The lowest BCUT2D eigenvalue weighted by molar-refractivity contribution is 0.115. The van der Waals surface area contributed by atoms with Gasteiger partial charge in [-0.25, -0.2) is 0 Å². The topological polar surface area (TPSA) is 32.3 Å². The summed E-state index contributed by atoms with van der Waals surface area (Å²) in [4.78, 5) is 0. The van der Waals surface area contributed by atoms with Crippen molar-refractivity contribution in [1.29, 1.82) is 0 Å². The molecular formula is C9H17NO. The molecule has 64 valence electrons. The molecule has 0 spiro atoms. The maximum atomic E-state index is 9.54. The van der Waals surface area contributed by atoms with E-state index >= 15 is 0 Å². The predicted octanol–water partition coefficient (Wildman–Crippen LogP) is 1.07. The lowest BCUT2D eigenvalue weighted by Crippen LogP contribution is -2.42. The highest BCUT2D eigenvalue weighted by Gasteiger charge is 2.19. The van der Waals surface area contributed by atoms with Crippen LogP contribution in [0.15, 0.2) is 12.7 Å². The third-order valence-electron chi connectivity index (χ3n) is 2.22. The fourth-order valence-corrected chi connectivity index (χ4v) is 1.54. The monoisotopic (exact) mass is 155 g/mol. The summed E-state index contributed by atoms with van der Waals surface area (Å²) >= 11 is 0. The summed E-state index contributed by atoms with van der Waals surface area (Å²) in [6.07, 6.45) is 5.85. The maximum Gasteiger partial charge on any atom is 0.0727 e. The summed E-state index contributed by atoms with van der Waals surface area (Å²) in [5.41, 5.74) is 0. The molecule has 0 radical (unpaired) electrons. The summed E-state index contributed by atoms with van der Waals surface area (Å²) in [5, 5.41) is 12.8. The number of rotatable bonds is 3. The third-order valence-corrected chi connectivity index (χ3v) is 2.22. The molecule has 0 aromatic rings. The van der Waals surface area contributed by atoms with Crippen LogP contribution in [-0.2, 0) is 0 Å². The Bertz CT molecular complexity index is 119. The van der Waals surface area contributed by atoms with Crippen molar-refractivity contribution >= 4 is 0 Å². The van der Waals surface area contributed by atoms with E-state index in [1.54, 1.807) is 6.08 Å². The van der Waals surface area contributed by atoms with Crippen LogP contribution in [-0.4, -0.2) is 23.8 Å². The van der Waals surface area contributed by atoms with Gasteiger partial charge in [-0.1, -0.05) is 12.5 Å². The third kappa shape index (κ3) is 2.64. The Morgan fingerprint density at radius 2 is 2.45 bits per heavy atom. The second-order valence-corrected chi connectivity index (χ2v) is 3.15. The van der Waals surface area contributed by atoms with Gasteiger partial charge in [-0.15, -0.1) is 6.58 Å². The van der Waals surface area contributed by atoms with Crippen LogP contribution in [0.5, 0.6) is 0 Å². The molecule has 11 heavy (non-hydrogen) atoms. The average molecular weight is 155 g/mol. The second kappa shape index (κ2) is 4.52. The first-order valence-electron chi connectivity index (χ1n) is 4.37. The largest absolute Gasteiger partial charge is 0.391 e. The number of aliphatic hydroxyl groups excluding tert-OH is 1. The molecule has 1 heterocycles. The second-order valence-electron chi connectivity index (χ2n) is 3.15. The summed E-state index contributed by atoms with van der Waals surface area (Å²) in [7, 11) is 0. The molecule has 2 N–H and O–H groups in total. The number of aliphatic hydroxyl groups is 1. The van der Waals surface area contributed by atoms with Crippen molar-refractivity contribution in [2.24, 2.45) is 0 Å². The molecular weight excluding hydrogens is 138 g/mol. The van der Waals surface area contributed by atoms with Gasteiger partial charge in [-0.3, -0.25) is 0 Å². The van der Waals surface area contributed by atoms with Crippen LogP contribution in [0, 0.1) is 0 Å². The fraction of sp³-hybridized carbons (Fsp3) is 0.778. The highest BCUT2D eigenvalue weighted by atomic mass is 16.3. The van der Waals surface area contributed by atoms with Gasteiger partial charge >= 0.3 is 0 Å². The van der Waals surface area contributed by atoms with Gasteiger partial charge in [0.1, 0.15) is 0 Å². The van der Waals surface area contributed by atoms with Crippen LogP contribution in [0.2, 0.25) is 0 Å². The van der Waals surface area contributed by atoms with Gasteiger partial charge in [0, 0.05) is 6.04 Å². The maximum absolute atomic E-state index is 9.54. The van der Waals surface area contributed by atoms with Gasteiger partial charge in [-0.05, 0) is 25.8 Å². The molecule has 0 aromatic heterocycles. The van der Waals surface area contributed by atoms with Crippen LogP contribution in [0.1, 0.15) is 25.7 Å². The Morgan fingerprint density at radius 3 is 3.00 bits per heavy atom. The van der Waals surface area contributed by atoms with Crippen molar-refractivity contribution in [3.63, 3.8) is 0 Å². The molecule has 2 unspecified atom stereocenters. The van der Waals surface area contributed by atoms with Gasteiger partial charge in [0.05, 0.1) is 6.10 Å². The number of hydrogen-bond acceptors (Lipinski definition) is 2. The van der Waals surface area contributed by atoms with Crippen LogP contribution in [0.25, 0.3) is 0 Å². The molecule has 2 heteroatoms. The molecule has 1 fully saturated rings. The lowest BCUT2D eigenvalue weighted by atomic mass is 9.98. The van der Waals surface area contributed by atoms with Crippen LogP contribution >= 0.6 is 0 Å². The SMILES string of the molecule is C=CCC(O)C1CCCCN1. The highest BCUT2D eigenvalue weighted by Crippen LogP contribution is 2.12. The van der Waals surface area contributed by atoms with E-state index in [0.29, 0.717) is 12.5 Å². The minimum atomic E-state index is -0.229. The van der Waals surface area contributed by atoms with E-state index in [1.165, 1.54) is 12.8 Å². The zero-order chi connectivity index (χ0) is 8.10. The summed E-state index contributed by atoms with van der Waals surface area (Å²) < 4.78 is 0. The molecule has 0 aromatic carbocycles. The Kier molecular flexibility index (Phi) is 3.60. The summed E-state index contributed by atoms with van der Waals surface area (Å²) in [6.45, 7) is 4.66. The van der Waals surface area contributed by atoms with E-state index < -0.39 is 0 Å². The molecule has 1 saturated heterocycles. The lowest BCUT2D eigenvalue weighted by Gasteiger charge is -2.27. The summed E-state index contributed by atoms with van der Waals surface area (Å²) in [5.74, 6) is 0. The first kappa shape index (κ1) is 8.75. The molecule has 0 saturated carbocycles.